The van der Waals surface area contributed by atoms with E-state index in [0.717, 1.165) is 19.4 Å². The lowest BCUT2D eigenvalue weighted by molar-refractivity contribution is -0.128. The maximum absolute atomic E-state index is 12.2. The fourth-order valence-electron chi connectivity index (χ4n) is 2.67. The van der Waals surface area contributed by atoms with Crippen molar-refractivity contribution in [2.45, 2.75) is 39.0 Å². The molecular weight excluding hydrogens is 298 g/mol. The molecule has 1 fully saturated rings. The lowest BCUT2D eigenvalue weighted by Crippen LogP contribution is -2.46. The average Bonchev–Trinajstić information content (AvgIpc) is 2.96. The summed E-state index contributed by atoms with van der Waals surface area (Å²) < 4.78 is 5.14. The van der Waals surface area contributed by atoms with E-state index in [-0.39, 0.29) is 30.2 Å². The van der Waals surface area contributed by atoms with Gasteiger partial charge in [0.15, 0.2) is 5.82 Å². The summed E-state index contributed by atoms with van der Waals surface area (Å²) in [4.78, 5) is 29.4. The molecule has 0 saturated carbocycles. The van der Waals surface area contributed by atoms with Crippen LogP contribution >= 0.6 is 0 Å². The molecule has 1 aliphatic rings. The van der Waals surface area contributed by atoms with E-state index >= 15 is 0 Å². The number of primary amides is 1. The second-order valence-electron chi connectivity index (χ2n) is 6.28. The van der Waals surface area contributed by atoms with Crippen molar-refractivity contribution in [1.29, 1.82) is 0 Å². The maximum atomic E-state index is 12.2. The molecule has 8 heteroatoms. The molecule has 2 rings (SSSR count). The molecule has 128 valence electrons. The Kier molecular flexibility index (Phi) is 6.09. The highest BCUT2D eigenvalue weighted by atomic mass is 16.5. The van der Waals surface area contributed by atoms with E-state index in [2.05, 4.69) is 15.5 Å². The number of hydrogen-bond donors (Lipinski definition) is 2. The van der Waals surface area contributed by atoms with Crippen LogP contribution in [0.5, 0.6) is 0 Å². The zero-order valence-electron chi connectivity index (χ0n) is 13.7. The number of carbonyl (C=O) groups excluding carboxylic acids is 2. The van der Waals surface area contributed by atoms with Crippen LogP contribution < -0.4 is 11.1 Å². The van der Waals surface area contributed by atoms with Gasteiger partial charge in [-0.05, 0) is 19.4 Å². The van der Waals surface area contributed by atoms with Gasteiger partial charge in [0.25, 0.3) is 0 Å². The molecule has 0 radical (unpaired) electrons. The quantitative estimate of drug-likeness (QED) is 0.733. The number of nitrogens with two attached hydrogens (primary N) is 1. The first-order valence-electron chi connectivity index (χ1n) is 8.06. The van der Waals surface area contributed by atoms with E-state index in [9.17, 15) is 9.59 Å². The largest absolute Gasteiger partial charge is 0.369 e. The Balaban J connectivity index is 1.74. The Hall–Kier alpha value is -1.96. The van der Waals surface area contributed by atoms with Gasteiger partial charge in [0.05, 0.1) is 12.5 Å². The number of rotatable bonds is 7. The molecule has 1 aromatic rings. The highest BCUT2D eigenvalue weighted by Crippen LogP contribution is 2.16. The smallest absolute Gasteiger partial charge is 0.231 e. The first-order valence-corrected chi connectivity index (χ1v) is 8.06. The molecule has 3 N–H and O–H groups in total. The molecule has 0 aliphatic carbocycles. The van der Waals surface area contributed by atoms with Crippen LogP contribution in [-0.2, 0) is 16.0 Å². The summed E-state index contributed by atoms with van der Waals surface area (Å²) in [6, 6.07) is 0. The van der Waals surface area contributed by atoms with Gasteiger partial charge < -0.3 is 15.6 Å². The zero-order chi connectivity index (χ0) is 16.8. The van der Waals surface area contributed by atoms with Crippen LogP contribution in [0.3, 0.4) is 0 Å². The van der Waals surface area contributed by atoms with Crippen LogP contribution in [0.15, 0.2) is 4.52 Å². The summed E-state index contributed by atoms with van der Waals surface area (Å²) >= 11 is 0. The van der Waals surface area contributed by atoms with Crippen molar-refractivity contribution < 1.29 is 14.1 Å². The predicted octanol–water partition coefficient (Wildman–Crippen LogP) is 0.0490. The SMILES string of the molecule is CC(C)c1noc(CCNC(=O)[C@@H]2CCCN(CC(N)=O)C2)n1. The number of nitrogens with zero attached hydrogens (tertiary/aromatic N) is 3. The number of piperidine rings is 1. The van der Waals surface area contributed by atoms with E-state index in [4.69, 9.17) is 10.3 Å². The van der Waals surface area contributed by atoms with Gasteiger partial charge in [-0.15, -0.1) is 0 Å². The molecule has 1 aliphatic heterocycles. The van der Waals surface area contributed by atoms with Crippen LogP contribution in [0.4, 0.5) is 0 Å². The van der Waals surface area contributed by atoms with Gasteiger partial charge in [-0.25, -0.2) is 0 Å². The first-order chi connectivity index (χ1) is 11.0. The minimum absolute atomic E-state index is 0.00256. The summed E-state index contributed by atoms with van der Waals surface area (Å²) in [5, 5.41) is 6.80. The standard InChI is InChI=1S/C15H25N5O3/c1-10(2)14-18-13(23-19-14)5-6-17-15(22)11-4-3-7-20(8-11)9-12(16)21/h10-11H,3-9H2,1-2H3,(H2,16,21)(H,17,22)/t11-/m1/s1. The third-order valence-electron chi connectivity index (χ3n) is 3.89. The zero-order valence-corrected chi connectivity index (χ0v) is 13.7. The molecule has 1 saturated heterocycles. The van der Waals surface area contributed by atoms with E-state index < -0.39 is 0 Å². The topological polar surface area (TPSA) is 114 Å². The minimum Gasteiger partial charge on any atom is -0.369 e. The predicted molar refractivity (Wildman–Crippen MR) is 83.5 cm³/mol. The summed E-state index contributed by atoms with van der Waals surface area (Å²) in [6.45, 7) is 6.06. The number of likely N-dealkylation sites (tertiary alicyclic amines) is 1. The van der Waals surface area contributed by atoms with E-state index in [1.165, 1.54) is 0 Å². The van der Waals surface area contributed by atoms with Gasteiger partial charge in [0.1, 0.15) is 0 Å². The molecule has 23 heavy (non-hydrogen) atoms. The lowest BCUT2D eigenvalue weighted by atomic mass is 9.97. The van der Waals surface area contributed by atoms with Crippen molar-refractivity contribution in [3.05, 3.63) is 11.7 Å². The van der Waals surface area contributed by atoms with Gasteiger partial charge in [-0.1, -0.05) is 19.0 Å². The number of hydrogen-bond acceptors (Lipinski definition) is 6. The number of nitrogens with one attached hydrogen (secondary N) is 1. The molecule has 0 spiro atoms. The molecular formula is C15H25N5O3. The van der Waals surface area contributed by atoms with Crippen LogP contribution in [0.1, 0.15) is 44.3 Å². The Morgan fingerprint density at radius 3 is 2.91 bits per heavy atom. The number of carbonyl (C=O) groups is 2. The van der Waals surface area contributed by atoms with Crippen LogP contribution in [0.2, 0.25) is 0 Å². The van der Waals surface area contributed by atoms with Crippen molar-refractivity contribution in [3.63, 3.8) is 0 Å². The van der Waals surface area contributed by atoms with Crippen LogP contribution in [0, 0.1) is 5.92 Å². The monoisotopic (exact) mass is 323 g/mol. The first kappa shape index (κ1) is 17.4. The Morgan fingerprint density at radius 2 is 2.26 bits per heavy atom. The van der Waals surface area contributed by atoms with Crippen molar-refractivity contribution in [1.82, 2.24) is 20.4 Å². The summed E-state index contributed by atoms with van der Waals surface area (Å²) in [5.74, 6) is 0.984. The molecule has 2 heterocycles. The van der Waals surface area contributed by atoms with Crippen LogP contribution in [0.25, 0.3) is 0 Å². The van der Waals surface area contributed by atoms with Crippen molar-refractivity contribution in [2.24, 2.45) is 11.7 Å². The molecule has 0 bridgehead atoms. The van der Waals surface area contributed by atoms with Gasteiger partial charge in [0, 0.05) is 25.4 Å². The van der Waals surface area contributed by atoms with Gasteiger partial charge in [0.2, 0.25) is 17.7 Å². The minimum atomic E-state index is -0.358. The second kappa shape index (κ2) is 8.05. The summed E-state index contributed by atoms with van der Waals surface area (Å²) in [7, 11) is 0. The van der Waals surface area contributed by atoms with E-state index in [1.807, 2.05) is 18.7 Å². The van der Waals surface area contributed by atoms with Crippen molar-refractivity contribution in [3.8, 4) is 0 Å². The number of amides is 2. The van der Waals surface area contributed by atoms with Gasteiger partial charge in [-0.2, -0.15) is 4.98 Å². The third-order valence-corrected chi connectivity index (χ3v) is 3.89. The molecule has 1 aromatic heterocycles. The van der Waals surface area contributed by atoms with Crippen molar-refractivity contribution >= 4 is 11.8 Å². The molecule has 0 unspecified atom stereocenters. The number of aromatic nitrogens is 2. The lowest BCUT2D eigenvalue weighted by Gasteiger charge is -2.30. The van der Waals surface area contributed by atoms with Crippen molar-refractivity contribution in [2.75, 3.05) is 26.2 Å². The molecule has 2 amide bonds. The van der Waals surface area contributed by atoms with Crippen LogP contribution in [-0.4, -0.2) is 53.0 Å². The van der Waals surface area contributed by atoms with Gasteiger partial charge >= 0.3 is 0 Å². The maximum Gasteiger partial charge on any atom is 0.231 e. The Labute approximate surface area is 135 Å². The van der Waals surface area contributed by atoms with Gasteiger partial charge in [-0.3, -0.25) is 14.5 Å². The second-order valence-corrected chi connectivity index (χ2v) is 6.28. The molecule has 1 atom stereocenters. The van der Waals surface area contributed by atoms with E-state index in [1.54, 1.807) is 0 Å². The Bertz CT molecular complexity index is 543. The summed E-state index contributed by atoms with van der Waals surface area (Å²) in [6.07, 6.45) is 2.25. The normalized spacial score (nSPS) is 19.0. The van der Waals surface area contributed by atoms with E-state index in [0.29, 0.717) is 31.2 Å². The highest BCUT2D eigenvalue weighted by molar-refractivity contribution is 5.79. The summed E-state index contributed by atoms with van der Waals surface area (Å²) in [5.41, 5.74) is 5.21. The molecule has 0 aromatic carbocycles. The third kappa shape index (κ3) is 5.31. The Morgan fingerprint density at radius 1 is 1.48 bits per heavy atom. The fourth-order valence-corrected chi connectivity index (χ4v) is 2.67. The highest BCUT2D eigenvalue weighted by Gasteiger charge is 2.26. The average molecular weight is 323 g/mol. The molecule has 8 nitrogen and oxygen atoms in total. The fraction of sp³-hybridized carbons (Fsp3) is 0.733.